The molecule has 3 aromatic rings. The smallest absolute Gasteiger partial charge is 0.257 e. The highest BCUT2D eigenvalue weighted by molar-refractivity contribution is 6.33. The molecule has 4 rings (SSSR count). The number of rotatable bonds is 4. The molecule has 0 bridgehead atoms. The van der Waals surface area contributed by atoms with Gasteiger partial charge in [-0.15, -0.1) is 0 Å². The Hall–Kier alpha value is -3.25. The Balaban J connectivity index is 1.44. The minimum absolute atomic E-state index is 0.261. The van der Waals surface area contributed by atoms with E-state index in [1.54, 1.807) is 36.4 Å². The summed E-state index contributed by atoms with van der Waals surface area (Å²) < 4.78 is 11.0. The highest BCUT2D eigenvalue weighted by atomic mass is 35.5. The lowest BCUT2D eigenvalue weighted by molar-refractivity contribution is 0.102. The van der Waals surface area contributed by atoms with Gasteiger partial charge >= 0.3 is 0 Å². The molecule has 1 aliphatic rings. The van der Waals surface area contributed by atoms with E-state index in [4.69, 9.17) is 21.1 Å². The van der Waals surface area contributed by atoms with Crippen LogP contribution in [0.1, 0.15) is 10.4 Å². The fourth-order valence-electron chi connectivity index (χ4n) is 2.63. The van der Waals surface area contributed by atoms with E-state index in [-0.39, 0.29) is 5.91 Å². The molecule has 0 spiro atoms. The third-order valence-corrected chi connectivity index (χ3v) is 4.29. The maximum absolute atomic E-state index is 12.4. The average molecular weight is 382 g/mol. The van der Waals surface area contributed by atoms with Crippen molar-refractivity contribution in [2.24, 2.45) is 0 Å². The van der Waals surface area contributed by atoms with Gasteiger partial charge < -0.3 is 20.1 Å². The van der Waals surface area contributed by atoms with Gasteiger partial charge in [0.15, 0.2) is 11.5 Å². The fraction of sp³-hybridized carbons (Fsp3) is 0.100. The number of benzene rings is 2. The molecule has 1 amide bonds. The summed E-state index contributed by atoms with van der Waals surface area (Å²) in [5.74, 6) is 1.63. The molecule has 27 heavy (non-hydrogen) atoms. The number of fused-ring (bicyclic) bond motifs is 1. The first kappa shape index (κ1) is 17.2. The van der Waals surface area contributed by atoms with Crippen molar-refractivity contribution in [1.82, 2.24) is 4.98 Å². The zero-order chi connectivity index (χ0) is 18.6. The number of carbonyl (C=O) groups is 1. The first-order chi connectivity index (χ1) is 13.2. The normalized spacial score (nSPS) is 12.3. The van der Waals surface area contributed by atoms with Gasteiger partial charge in [0.05, 0.1) is 16.3 Å². The monoisotopic (exact) mass is 381 g/mol. The van der Waals surface area contributed by atoms with Gasteiger partial charge in [0.1, 0.15) is 19.0 Å². The molecule has 0 saturated carbocycles. The number of aromatic nitrogens is 1. The average Bonchev–Trinajstić information content (AvgIpc) is 2.70. The van der Waals surface area contributed by atoms with E-state index >= 15 is 0 Å². The topological polar surface area (TPSA) is 72.5 Å². The largest absolute Gasteiger partial charge is 0.486 e. The van der Waals surface area contributed by atoms with E-state index in [9.17, 15) is 4.79 Å². The van der Waals surface area contributed by atoms with Crippen LogP contribution in [0.15, 0.2) is 60.8 Å². The Morgan fingerprint density at radius 3 is 2.59 bits per heavy atom. The quantitative estimate of drug-likeness (QED) is 0.696. The van der Waals surface area contributed by atoms with Gasteiger partial charge in [-0.3, -0.25) is 4.79 Å². The van der Waals surface area contributed by atoms with Crippen molar-refractivity contribution >= 4 is 34.7 Å². The van der Waals surface area contributed by atoms with Crippen LogP contribution in [0.25, 0.3) is 0 Å². The predicted octanol–water partition coefficient (Wildman–Crippen LogP) is 4.50. The van der Waals surface area contributed by atoms with Gasteiger partial charge in [-0.2, -0.15) is 0 Å². The minimum Gasteiger partial charge on any atom is -0.486 e. The number of pyridine rings is 1. The molecule has 2 aromatic carbocycles. The van der Waals surface area contributed by atoms with Crippen LogP contribution >= 0.6 is 11.6 Å². The second-order valence-corrected chi connectivity index (χ2v) is 6.26. The molecule has 0 aliphatic carbocycles. The number of nitrogens with zero attached hydrogens (tertiary/aromatic N) is 1. The van der Waals surface area contributed by atoms with Crippen molar-refractivity contribution in [3.05, 3.63) is 71.4 Å². The van der Waals surface area contributed by atoms with Crippen LogP contribution in [-0.4, -0.2) is 24.1 Å². The lowest BCUT2D eigenvalue weighted by Gasteiger charge is -2.19. The van der Waals surface area contributed by atoms with Crippen LogP contribution in [-0.2, 0) is 0 Å². The molecule has 0 atom stereocenters. The number of ether oxygens (including phenoxy) is 2. The summed E-state index contributed by atoms with van der Waals surface area (Å²) in [6.07, 6.45) is 1.51. The lowest BCUT2D eigenvalue weighted by atomic mass is 10.2. The minimum atomic E-state index is -0.261. The highest BCUT2D eigenvalue weighted by Crippen LogP contribution is 2.32. The Kier molecular flexibility index (Phi) is 4.80. The van der Waals surface area contributed by atoms with Crippen LogP contribution in [0, 0.1) is 0 Å². The van der Waals surface area contributed by atoms with Gasteiger partial charge in [0.25, 0.3) is 5.91 Å². The zero-order valence-electron chi connectivity index (χ0n) is 14.2. The van der Waals surface area contributed by atoms with Gasteiger partial charge in [-0.25, -0.2) is 4.98 Å². The maximum Gasteiger partial charge on any atom is 0.257 e. The third-order valence-electron chi connectivity index (χ3n) is 3.96. The third kappa shape index (κ3) is 3.96. The molecular weight excluding hydrogens is 366 g/mol. The van der Waals surface area contributed by atoms with Crippen molar-refractivity contribution in [2.45, 2.75) is 0 Å². The molecule has 0 saturated heterocycles. The second-order valence-electron chi connectivity index (χ2n) is 5.85. The summed E-state index contributed by atoms with van der Waals surface area (Å²) in [6.45, 7) is 1.02. The molecule has 136 valence electrons. The number of carbonyl (C=O) groups excluding carboxylic acids is 1. The first-order valence-electron chi connectivity index (χ1n) is 8.38. The van der Waals surface area contributed by atoms with E-state index < -0.39 is 0 Å². The molecule has 1 aliphatic heterocycles. The molecule has 1 aromatic heterocycles. The Morgan fingerprint density at radius 2 is 1.81 bits per heavy atom. The summed E-state index contributed by atoms with van der Waals surface area (Å²) in [7, 11) is 0. The van der Waals surface area contributed by atoms with Gasteiger partial charge in [0.2, 0.25) is 0 Å². The molecule has 2 heterocycles. The Morgan fingerprint density at radius 1 is 1.00 bits per heavy atom. The summed E-state index contributed by atoms with van der Waals surface area (Å²) in [5.41, 5.74) is 1.82. The standard InChI is InChI=1S/C20H16ClN3O3/c21-15-3-1-2-4-16(15)24-19-8-5-13(12-22-19)20(25)23-14-6-7-17-18(11-14)27-10-9-26-17/h1-8,11-12H,9-10H2,(H,22,24)(H,23,25). The Bertz CT molecular complexity index is 976. The molecule has 2 N–H and O–H groups in total. The number of hydrogen-bond acceptors (Lipinski definition) is 5. The summed E-state index contributed by atoms with van der Waals surface area (Å²) in [5, 5.41) is 6.54. The predicted molar refractivity (Wildman–Crippen MR) is 104 cm³/mol. The number of nitrogens with one attached hydrogen (secondary N) is 2. The Labute approximate surface area is 161 Å². The zero-order valence-corrected chi connectivity index (χ0v) is 15.0. The van der Waals surface area contributed by atoms with Gasteiger partial charge in [-0.1, -0.05) is 23.7 Å². The lowest BCUT2D eigenvalue weighted by Crippen LogP contribution is -2.16. The molecular formula is C20H16ClN3O3. The number of hydrogen-bond donors (Lipinski definition) is 2. The number of amides is 1. The van der Waals surface area contributed by atoms with Crippen LogP contribution in [0.3, 0.4) is 0 Å². The second kappa shape index (κ2) is 7.55. The summed E-state index contributed by atoms with van der Waals surface area (Å²) in [4.78, 5) is 16.7. The van der Waals surface area contributed by atoms with Crippen molar-refractivity contribution in [3.8, 4) is 11.5 Å². The van der Waals surface area contributed by atoms with Crippen molar-refractivity contribution in [2.75, 3.05) is 23.8 Å². The summed E-state index contributed by atoms with van der Waals surface area (Å²) >= 11 is 6.12. The highest BCUT2D eigenvalue weighted by Gasteiger charge is 2.13. The molecule has 0 radical (unpaired) electrons. The van der Waals surface area contributed by atoms with Crippen LogP contribution in [0.4, 0.5) is 17.2 Å². The molecule has 0 fully saturated rings. The number of anilines is 3. The fourth-order valence-corrected chi connectivity index (χ4v) is 2.81. The van der Waals surface area contributed by atoms with Crippen molar-refractivity contribution < 1.29 is 14.3 Å². The van der Waals surface area contributed by atoms with E-state index in [2.05, 4.69) is 15.6 Å². The van der Waals surface area contributed by atoms with Gasteiger partial charge in [-0.05, 0) is 36.4 Å². The molecule has 6 nitrogen and oxygen atoms in total. The van der Waals surface area contributed by atoms with Gasteiger partial charge in [0, 0.05) is 18.0 Å². The number of halogens is 1. The van der Waals surface area contributed by atoms with Crippen molar-refractivity contribution in [3.63, 3.8) is 0 Å². The van der Waals surface area contributed by atoms with Crippen LogP contribution in [0.2, 0.25) is 5.02 Å². The SMILES string of the molecule is O=C(Nc1ccc2c(c1)OCCO2)c1ccc(Nc2ccccc2Cl)nc1. The van der Waals surface area contributed by atoms with Crippen molar-refractivity contribution in [1.29, 1.82) is 0 Å². The summed E-state index contributed by atoms with van der Waals surface area (Å²) in [6, 6.07) is 16.1. The maximum atomic E-state index is 12.4. The molecule has 0 unspecified atom stereocenters. The first-order valence-corrected chi connectivity index (χ1v) is 8.75. The number of para-hydroxylation sites is 1. The van der Waals surface area contributed by atoms with E-state index in [1.165, 1.54) is 6.20 Å². The van der Waals surface area contributed by atoms with E-state index in [0.717, 1.165) is 5.69 Å². The van der Waals surface area contributed by atoms with Crippen LogP contribution in [0.5, 0.6) is 11.5 Å². The van der Waals surface area contributed by atoms with E-state index in [0.29, 0.717) is 46.8 Å². The molecule has 7 heteroatoms. The van der Waals surface area contributed by atoms with E-state index in [1.807, 2.05) is 18.2 Å². The van der Waals surface area contributed by atoms with Crippen LogP contribution < -0.4 is 20.1 Å².